The molecule has 5 nitrogen and oxygen atoms in total. The molecule has 1 aliphatic rings. The van der Waals surface area contributed by atoms with E-state index >= 15 is 0 Å². The summed E-state index contributed by atoms with van der Waals surface area (Å²) >= 11 is 0. The van der Waals surface area contributed by atoms with E-state index in [4.69, 9.17) is 9.84 Å². The number of rotatable bonds is 7. The molecular weight excluding hydrogens is 306 g/mol. The summed E-state index contributed by atoms with van der Waals surface area (Å²) in [5.74, 6) is -1.28. The van der Waals surface area contributed by atoms with Crippen LogP contribution in [-0.2, 0) is 20.9 Å². The van der Waals surface area contributed by atoms with Crippen LogP contribution < -0.4 is 5.32 Å². The Labute approximate surface area is 143 Å². The Morgan fingerprint density at radius 3 is 2.62 bits per heavy atom. The maximum absolute atomic E-state index is 12.0. The van der Waals surface area contributed by atoms with Gasteiger partial charge in [0.1, 0.15) is 0 Å². The van der Waals surface area contributed by atoms with Crippen molar-refractivity contribution in [2.75, 3.05) is 5.32 Å². The van der Waals surface area contributed by atoms with E-state index in [9.17, 15) is 9.59 Å². The number of carboxylic acids is 1. The lowest BCUT2D eigenvalue weighted by molar-refractivity contribution is -0.148. The van der Waals surface area contributed by atoms with Crippen LogP contribution in [0.1, 0.15) is 57.9 Å². The molecule has 132 valence electrons. The van der Waals surface area contributed by atoms with Crippen molar-refractivity contribution in [2.24, 2.45) is 5.41 Å². The van der Waals surface area contributed by atoms with Crippen LogP contribution in [0.25, 0.3) is 0 Å². The van der Waals surface area contributed by atoms with Crippen molar-refractivity contribution in [2.45, 2.75) is 65.1 Å². The van der Waals surface area contributed by atoms with Crippen LogP contribution in [0.5, 0.6) is 0 Å². The van der Waals surface area contributed by atoms with E-state index < -0.39 is 11.4 Å². The Hall–Kier alpha value is -1.88. The highest BCUT2D eigenvalue weighted by atomic mass is 16.5. The van der Waals surface area contributed by atoms with Crippen molar-refractivity contribution >= 4 is 17.6 Å². The predicted molar refractivity (Wildman–Crippen MR) is 92.8 cm³/mol. The van der Waals surface area contributed by atoms with E-state index in [1.807, 2.05) is 18.2 Å². The maximum Gasteiger partial charge on any atom is 0.309 e. The summed E-state index contributed by atoms with van der Waals surface area (Å²) in [7, 11) is 0. The van der Waals surface area contributed by atoms with Crippen molar-refractivity contribution in [1.29, 1.82) is 0 Å². The molecule has 0 aliphatic heterocycles. The summed E-state index contributed by atoms with van der Waals surface area (Å²) in [5.41, 5.74) is 0.605. The molecule has 0 spiro atoms. The van der Waals surface area contributed by atoms with Gasteiger partial charge in [-0.3, -0.25) is 9.59 Å². The van der Waals surface area contributed by atoms with Crippen molar-refractivity contribution in [3.8, 4) is 0 Å². The van der Waals surface area contributed by atoms with Gasteiger partial charge >= 0.3 is 5.97 Å². The minimum absolute atomic E-state index is 0.0644. The third-order valence-corrected chi connectivity index (χ3v) is 4.43. The normalized spacial score (nSPS) is 15.9. The number of amides is 1. The van der Waals surface area contributed by atoms with Gasteiger partial charge in [-0.2, -0.15) is 0 Å². The highest BCUT2D eigenvalue weighted by molar-refractivity contribution is 5.94. The van der Waals surface area contributed by atoms with Gasteiger partial charge in [0.25, 0.3) is 0 Å². The Morgan fingerprint density at radius 2 is 1.96 bits per heavy atom. The first-order chi connectivity index (χ1) is 11.4. The van der Waals surface area contributed by atoms with Crippen LogP contribution in [0.2, 0.25) is 0 Å². The average Bonchev–Trinajstić information content (AvgIpc) is 2.53. The number of hydrogen-bond acceptors (Lipinski definition) is 3. The lowest BCUT2D eigenvalue weighted by Crippen LogP contribution is -2.29. The molecule has 1 aromatic carbocycles. The topological polar surface area (TPSA) is 75.6 Å². The standard InChI is InChI=1S/C19H27NO4/c1-19(2,18(22)23)12-17(21)20-15-8-6-7-14(11-15)13-24-16-9-4-3-5-10-16/h6-8,11,16H,3-5,9-10,12-13H2,1-2H3,(H,20,21)(H,22,23). The number of carbonyl (C=O) groups excluding carboxylic acids is 1. The van der Waals surface area contributed by atoms with Gasteiger partial charge in [0.15, 0.2) is 0 Å². The molecular formula is C19H27NO4. The second-order valence-electron chi connectivity index (χ2n) is 7.19. The SMILES string of the molecule is CC(C)(CC(=O)Nc1cccc(COC2CCCCC2)c1)C(=O)O. The van der Waals surface area contributed by atoms with Gasteiger partial charge in [-0.1, -0.05) is 31.4 Å². The largest absolute Gasteiger partial charge is 0.481 e. The van der Waals surface area contributed by atoms with Gasteiger partial charge < -0.3 is 15.2 Å². The molecule has 0 aromatic heterocycles. The number of carbonyl (C=O) groups is 2. The second-order valence-corrected chi connectivity index (χ2v) is 7.19. The molecule has 24 heavy (non-hydrogen) atoms. The van der Waals surface area contributed by atoms with E-state index in [0.717, 1.165) is 18.4 Å². The second kappa shape index (κ2) is 8.29. The lowest BCUT2D eigenvalue weighted by atomic mass is 9.89. The molecule has 1 aromatic rings. The molecule has 0 bridgehead atoms. The van der Waals surface area contributed by atoms with Crippen molar-refractivity contribution in [1.82, 2.24) is 0 Å². The quantitative estimate of drug-likeness (QED) is 0.791. The smallest absolute Gasteiger partial charge is 0.309 e. The average molecular weight is 333 g/mol. The van der Waals surface area contributed by atoms with Gasteiger partial charge in [-0.05, 0) is 44.4 Å². The third-order valence-electron chi connectivity index (χ3n) is 4.43. The van der Waals surface area contributed by atoms with Gasteiger partial charge in [-0.15, -0.1) is 0 Å². The molecule has 2 N–H and O–H groups in total. The zero-order chi connectivity index (χ0) is 17.6. The number of benzene rings is 1. The number of anilines is 1. The van der Waals surface area contributed by atoms with Crippen molar-refractivity contribution < 1.29 is 19.4 Å². The molecule has 0 radical (unpaired) electrons. The van der Waals surface area contributed by atoms with Crippen LogP contribution in [0, 0.1) is 5.41 Å². The lowest BCUT2D eigenvalue weighted by Gasteiger charge is -2.22. The minimum Gasteiger partial charge on any atom is -0.481 e. The van der Waals surface area contributed by atoms with E-state index in [0.29, 0.717) is 18.4 Å². The van der Waals surface area contributed by atoms with E-state index in [1.54, 1.807) is 19.9 Å². The Bertz CT molecular complexity index is 576. The first-order valence-corrected chi connectivity index (χ1v) is 8.60. The zero-order valence-corrected chi connectivity index (χ0v) is 14.5. The Morgan fingerprint density at radius 1 is 1.25 bits per heavy atom. The molecule has 0 atom stereocenters. The monoisotopic (exact) mass is 333 g/mol. The van der Waals surface area contributed by atoms with Crippen LogP contribution in [-0.4, -0.2) is 23.1 Å². The summed E-state index contributed by atoms with van der Waals surface area (Å²) in [5, 5.41) is 11.9. The van der Waals surface area contributed by atoms with E-state index in [-0.39, 0.29) is 12.3 Å². The minimum atomic E-state index is -1.08. The first-order valence-electron chi connectivity index (χ1n) is 8.60. The first kappa shape index (κ1) is 18.5. The highest BCUT2D eigenvalue weighted by Crippen LogP contribution is 2.23. The molecule has 2 rings (SSSR count). The number of hydrogen-bond donors (Lipinski definition) is 2. The van der Waals surface area contributed by atoms with Gasteiger partial charge in [-0.25, -0.2) is 0 Å². The summed E-state index contributed by atoms with van der Waals surface area (Å²) in [6, 6.07) is 7.53. The summed E-state index contributed by atoms with van der Waals surface area (Å²) in [6.07, 6.45) is 6.30. The van der Waals surface area contributed by atoms with Crippen LogP contribution in [0.15, 0.2) is 24.3 Å². The number of aliphatic carboxylic acids is 1. The molecule has 0 heterocycles. The molecule has 0 unspecified atom stereocenters. The van der Waals surface area contributed by atoms with Gasteiger partial charge in [0.2, 0.25) is 5.91 Å². The fourth-order valence-corrected chi connectivity index (χ4v) is 2.87. The number of ether oxygens (including phenoxy) is 1. The molecule has 1 aliphatic carbocycles. The zero-order valence-electron chi connectivity index (χ0n) is 14.5. The summed E-state index contributed by atoms with van der Waals surface area (Å²) in [4.78, 5) is 23.1. The molecule has 0 saturated heterocycles. The van der Waals surface area contributed by atoms with Gasteiger partial charge in [0.05, 0.1) is 18.1 Å². The molecule has 5 heteroatoms. The Balaban J connectivity index is 1.87. The molecule has 1 amide bonds. The van der Waals surface area contributed by atoms with E-state index in [2.05, 4.69) is 5.32 Å². The highest BCUT2D eigenvalue weighted by Gasteiger charge is 2.30. The molecule has 1 fully saturated rings. The van der Waals surface area contributed by atoms with Crippen LogP contribution in [0.4, 0.5) is 5.69 Å². The number of carboxylic acid groups (broad SMARTS) is 1. The number of nitrogens with one attached hydrogen (secondary N) is 1. The van der Waals surface area contributed by atoms with Crippen molar-refractivity contribution in [3.63, 3.8) is 0 Å². The fourth-order valence-electron chi connectivity index (χ4n) is 2.87. The Kier molecular flexibility index (Phi) is 6.37. The predicted octanol–water partition coefficient (Wildman–Crippen LogP) is 3.98. The third kappa shape index (κ3) is 5.64. The molecule has 1 saturated carbocycles. The summed E-state index contributed by atoms with van der Waals surface area (Å²) in [6.45, 7) is 3.63. The summed E-state index contributed by atoms with van der Waals surface area (Å²) < 4.78 is 5.95. The van der Waals surface area contributed by atoms with E-state index in [1.165, 1.54) is 19.3 Å². The maximum atomic E-state index is 12.0. The van der Waals surface area contributed by atoms with Crippen LogP contribution >= 0.6 is 0 Å². The van der Waals surface area contributed by atoms with Crippen LogP contribution in [0.3, 0.4) is 0 Å². The van der Waals surface area contributed by atoms with Gasteiger partial charge in [0, 0.05) is 12.1 Å². The van der Waals surface area contributed by atoms with Crippen molar-refractivity contribution in [3.05, 3.63) is 29.8 Å². The fraction of sp³-hybridized carbons (Fsp3) is 0.579.